The van der Waals surface area contributed by atoms with Crippen LogP contribution in [-0.2, 0) is 43.0 Å². The lowest BCUT2D eigenvalue weighted by atomic mass is 9.61. The summed E-state index contributed by atoms with van der Waals surface area (Å²) in [7, 11) is 2.07. The van der Waals surface area contributed by atoms with E-state index in [1.807, 2.05) is 39.8 Å². The fourth-order valence-electron chi connectivity index (χ4n) is 12.0. The summed E-state index contributed by atoms with van der Waals surface area (Å²) in [6, 6.07) is 19.2. The van der Waals surface area contributed by atoms with Crippen molar-refractivity contribution in [1.29, 1.82) is 0 Å². The van der Waals surface area contributed by atoms with Crippen LogP contribution in [0.15, 0.2) is 87.5 Å². The van der Waals surface area contributed by atoms with E-state index in [-0.39, 0.29) is 52.1 Å². The molecule has 0 saturated heterocycles. The molecule has 4 spiro atoms. The Morgan fingerprint density at radius 2 is 1.12 bits per heavy atom. The van der Waals surface area contributed by atoms with Gasteiger partial charge in [-0.05, 0) is 173 Å². The number of benzene rings is 2. The molecule has 6 N–H and O–H groups in total. The van der Waals surface area contributed by atoms with Crippen LogP contribution in [0.2, 0.25) is 10.3 Å². The van der Waals surface area contributed by atoms with Crippen molar-refractivity contribution in [2.45, 2.75) is 127 Å². The molecule has 360 valence electrons. The molecule has 2 atom stereocenters. The van der Waals surface area contributed by atoms with Gasteiger partial charge in [-0.3, -0.25) is 19.4 Å². The number of carbonyl (C=O) groups is 2. The van der Waals surface area contributed by atoms with E-state index < -0.39 is 18.2 Å². The second-order valence-electron chi connectivity index (χ2n) is 19.5. The Hall–Kier alpha value is -4.42. The molecule has 2 fully saturated rings. The zero-order chi connectivity index (χ0) is 48.9. The number of guanidine groups is 2. The monoisotopic (exact) mass is 1030 g/mol. The van der Waals surface area contributed by atoms with Crippen LogP contribution >= 0.6 is 39.1 Å². The van der Waals surface area contributed by atoms with E-state index in [0.29, 0.717) is 22.5 Å². The lowest BCUT2D eigenvalue weighted by molar-refractivity contribution is -0.140. The lowest BCUT2D eigenvalue weighted by Gasteiger charge is -2.45. The van der Waals surface area contributed by atoms with Crippen molar-refractivity contribution in [3.63, 3.8) is 0 Å². The Labute approximate surface area is 417 Å². The molecule has 14 nitrogen and oxygen atoms in total. The summed E-state index contributed by atoms with van der Waals surface area (Å²) >= 11 is 15.2. The van der Waals surface area contributed by atoms with E-state index in [1.54, 1.807) is 30.2 Å². The second kappa shape index (κ2) is 19.4. The number of amides is 2. The molecule has 4 heterocycles. The van der Waals surface area contributed by atoms with Gasteiger partial charge in [0.1, 0.15) is 10.3 Å². The van der Waals surface area contributed by atoms with E-state index in [4.69, 9.17) is 64.2 Å². The van der Waals surface area contributed by atoms with Crippen LogP contribution in [0.3, 0.4) is 0 Å². The van der Waals surface area contributed by atoms with Crippen LogP contribution in [0.25, 0.3) is 11.1 Å². The molecule has 0 radical (unpaired) electrons. The highest BCUT2D eigenvalue weighted by Crippen LogP contribution is 2.64. The normalized spacial score (nSPS) is 28.0. The van der Waals surface area contributed by atoms with Gasteiger partial charge in [-0.15, -0.1) is 0 Å². The number of ether oxygens (including phenoxy) is 2. The second-order valence-corrected chi connectivity index (χ2v) is 21.2. The topological polar surface area (TPSA) is 202 Å². The Bertz CT molecular complexity index is 2640. The van der Waals surface area contributed by atoms with Gasteiger partial charge in [0.15, 0.2) is 23.0 Å². The summed E-state index contributed by atoms with van der Waals surface area (Å²) < 4.78 is 12.2. The summed E-state index contributed by atoms with van der Waals surface area (Å²) in [4.78, 5) is 49.0. The first-order chi connectivity index (χ1) is 32.4. The number of hydrogen-bond acceptors (Lipinski definition) is 12. The molecule has 4 aromatic rings. The predicted molar refractivity (Wildman–Crippen MR) is 269 cm³/mol. The van der Waals surface area contributed by atoms with Gasteiger partial charge in [-0.2, -0.15) is 0 Å². The molecule has 2 aromatic heterocycles. The van der Waals surface area contributed by atoms with Crippen LogP contribution in [0.4, 0.5) is 0 Å². The fourth-order valence-corrected chi connectivity index (χ4v) is 12.7. The number of hydrogen-bond donors (Lipinski definition) is 4. The van der Waals surface area contributed by atoms with Gasteiger partial charge in [0.05, 0.1) is 12.2 Å². The van der Waals surface area contributed by atoms with Crippen molar-refractivity contribution < 1.29 is 29.1 Å². The molecule has 2 aliphatic heterocycles. The third-order valence-electron chi connectivity index (χ3n) is 15.3. The van der Waals surface area contributed by atoms with E-state index >= 15 is 0 Å². The van der Waals surface area contributed by atoms with Gasteiger partial charge < -0.3 is 31.0 Å². The molecule has 4 aliphatic carbocycles. The highest BCUT2D eigenvalue weighted by molar-refractivity contribution is 9.10. The maximum atomic E-state index is 14.1. The van der Waals surface area contributed by atoms with Crippen molar-refractivity contribution in [2.24, 2.45) is 32.3 Å². The van der Waals surface area contributed by atoms with Crippen molar-refractivity contribution in [1.82, 2.24) is 19.8 Å². The number of carbonyl (C=O) groups excluding carboxylic acids is 2. The number of aromatic nitrogens is 2. The molecule has 2 aromatic carbocycles. The average Bonchev–Trinajstić information content (AvgIpc) is 3.94. The molecule has 2 amide bonds. The third kappa shape index (κ3) is 8.45. The number of methoxy groups -OCH3 is 2. The fraction of sp³-hybridized carbons (Fsp3) is 0.480. The van der Waals surface area contributed by atoms with Crippen LogP contribution in [0, 0.1) is 10.8 Å². The minimum absolute atomic E-state index is 0.00419. The molecular weight excluding hydrogens is 970 g/mol. The first kappa shape index (κ1) is 50.0. The summed E-state index contributed by atoms with van der Waals surface area (Å²) in [6.45, 7) is 7.95. The SMILES string of the molecule is COC1CCC2(CC1)Cc1ccc(-c3ccnc(Cl)c3)cc1C21N=C(N)N(C(C)C)C1=O.COC1CCC2(CC1)Cc1ccc(Br)cc1C21N=C(N)N(C(C)C)C1=O.OB(O)c1ccnc(Cl)c1. The number of nitrogens with two attached hydrogens (primary N) is 2. The Kier molecular flexibility index (Phi) is 14.3. The minimum Gasteiger partial charge on any atom is -0.423 e. The number of pyridine rings is 2. The maximum absolute atomic E-state index is 14.1. The summed E-state index contributed by atoms with van der Waals surface area (Å²) in [5.41, 5.74) is 17.0. The smallest absolute Gasteiger partial charge is 0.423 e. The first-order valence-corrected chi connectivity index (χ1v) is 24.9. The number of aliphatic imine (C=N–C) groups is 2. The van der Waals surface area contributed by atoms with Gasteiger partial charge in [-0.25, -0.2) is 20.0 Å². The molecule has 2 saturated carbocycles. The first-order valence-electron chi connectivity index (χ1n) is 23.3. The molecular formula is C50H60BBrCl2N8O6. The number of fused-ring (bicyclic) bond motifs is 6. The quantitative estimate of drug-likeness (QED) is 0.115. The van der Waals surface area contributed by atoms with Crippen LogP contribution < -0.4 is 16.9 Å². The van der Waals surface area contributed by atoms with E-state index in [9.17, 15) is 9.59 Å². The molecule has 10 rings (SSSR count). The zero-order valence-corrected chi connectivity index (χ0v) is 42.5. The predicted octanol–water partition coefficient (Wildman–Crippen LogP) is 7.05. The maximum Gasteiger partial charge on any atom is 0.488 e. The average molecular weight is 1030 g/mol. The highest BCUT2D eigenvalue weighted by Gasteiger charge is 2.68. The number of halogens is 3. The summed E-state index contributed by atoms with van der Waals surface area (Å²) in [6.07, 6.45) is 12.7. The summed E-state index contributed by atoms with van der Waals surface area (Å²) in [5, 5.41) is 17.9. The van der Waals surface area contributed by atoms with Gasteiger partial charge in [0.25, 0.3) is 11.8 Å². The number of rotatable bonds is 6. The Morgan fingerprint density at radius 1 is 0.676 bits per heavy atom. The van der Waals surface area contributed by atoms with Gasteiger partial charge in [0.2, 0.25) is 0 Å². The summed E-state index contributed by atoms with van der Waals surface area (Å²) in [5.74, 6) is 0.719. The third-order valence-corrected chi connectivity index (χ3v) is 16.2. The van der Waals surface area contributed by atoms with Crippen LogP contribution in [0.1, 0.15) is 101 Å². The minimum atomic E-state index is -1.47. The van der Waals surface area contributed by atoms with Gasteiger partial charge in [-0.1, -0.05) is 57.3 Å². The van der Waals surface area contributed by atoms with Crippen LogP contribution in [-0.4, -0.2) is 99.2 Å². The van der Waals surface area contributed by atoms with Crippen molar-refractivity contribution in [3.05, 3.63) is 110 Å². The molecule has 68 heavy (non-hydrogen) atoms. The van der Waals surface area contributed by atoms with Crippen molar-refractivity contribution >= 4 is 75.4 Å². The van der Waals surface area contributed by atoms with Crippen molar-refractivity contribution in [3.8, 4) is 11.1 Å². The number of nitrogens with zero attached hydrogens (tertiary/aromatic N) is 6. The van der Waals surface area contributed by atoms with Gasteiger partial charge >= 0.3 is 7.12 Å². The van der Waals surface area contributed by atoms with Gasteiger partial charge in [0, 0.05) is 54.0 Å². The lowest BCUT2D eigenvalue weighted by Crippen LogP contribution is -2.53. The zero-order valence-electron chi connectivity index (χ0n) is 39.4. The highest BCUT2D eigenvalue weighted by atomic mass is 79.9. The van der Waals surface area contributed by atoms with Crippen LogP contribution in [0.5, 0.6) is 0 Å². The Morgan fingerprint density at radius 3 is 1.53 bits per heavy atom. The molecule has 6 aliphatic rings. The largest absolute Gasteiger partial charge is 0.488 e. The standard InChI is InChI=1S/C25H29ClN4O2.C20H26BrN3O2.C5H5BClNO2/c1-15(2)30-22(31)25(29-23(30)27)20-12-16(17-8-11-28-21(26)13-17)4-5-18(20)14-24(25)9-6-19(32-3)7-10-24;1-12(2)24-17(25)20(23-18(24)22)16-10-14(21)5-4-13(16)11-19(20)8-6-15(26-3)7-9-19;7-5-3-4(6(9)10)1-2-8-5/h4-5,8,11-13,15,19H,6-7,9-10,14H2,1-3H3,(H2,27,29);4-5,10,12,15H,6-9,11H2,1-3H3,(H2,22,23);1-3,9-10H. The van der Waals surface area contributed by atoms with E-state index in [2.05, 4.69) is 62.3 Å². The van der Waals surface area contributed by atoms with E-state index in [0.717, 1.165) is 90.9 Å². The molecule has 18 heteroatoms. The molecule has 2 unspecified atom stereocenters. The van der Waals surface area contributed by atoms with Crippen molar-refractivity contribution in [2.75, 3.05) is 14.2 Å². The Balaban J connectivity index is 0.000000155. The molecule has 0 bridgehead atoms. The van der Waals surface area contributed by atoms with E-state index in [1.165, 1.54) is 29.5 Å².